The molecule has 16 heavy (non-hydrogen) atoms. The fourth-order valence-corrected chi connectivity index (χ4v) is 3.47. The summed E-state index contributed by atoms with van der Waals surface area (Å²) in [4.78, 5) is 23.5. The van der Waals surface area contributed by atoms with Crippen molar-refractivity contribution >= 4 is 23.6 Å². The zero-order chi connectivity index (χ0) is 12.2. The molecule has 1 aliphatic heterocycles. The summed E-state index contributed by atoms with van der Waals surface area (Å²) in [6, 6.07) is 0. The number of carbonyl (C=O) groups is 2. The molecule has 0 aromatic carbocycles. The molecule has 2 amide bonds. The molecule has 1 aliphatic rings. The third kappa shape index (κ3) is 2.59. The number of hydrogen-bond donors (Lipinski definition) is 1. The SMILES string of the molecule is CCCC[C@@]1(CC)S[C@H](CC)C(=O)NC1=O. The van der Waals surface area contributed by atoms with Gasteiger partial charge in [-0.15, -0.1) is 11.8 Å². The summed E-state index contributed by atoms with van der Waals surface area (Å²) in [5.74, 6) is -0.193. The highest BCUT2D eigenvalue weighted by Crippen LogP contribution is 2.41. The number of thioether (sulfide) groups is 1. The molecule has 1 N–H and O–H groups in total. The number of unbranched alkanes of at least 4 members (excludes halogenated alkanes) is 1. The van der Waals surface area contributed by atoms with Gasteiger partial charge in [0.15, 0.2) is 0 Å². The molecule has 2 atom stereocenters. The van der Waals surface area contributed by atoms with Crippen molar-refractivity contribution in [3.05, 3.63) is 0 Å². The van der Waals surface area contributed by atoms with Gasteiger partial charge >= 0.3 is 0 Å². The van der Waals surface area contributed by atoms with Crippen LogP contribution in [0.3, 0.4) is 0 Å². The van der Waals surface area contributed by atoms with E-state index >= 15 is 0 Å². The van der Waals surface area contributed by atoms with Crippen LogP contribution in [0.15, 0.2) is 0 Å². The van der Waals surface area contributed by atoms with E-state index in [0.717, 1.165) is 32.1 Å². The van der Waals surface area contributed by atoms with Crippen molar-refractivity contribution < 1.29 is 9.59 Å². The zero-order valence-corrected chi connectivity index (χ0v) is 11.2. The lowest BCUT2D eigenvalue weighted by atomic mass is 9.96. The maximum absolute atomic E-state index is 12.0. The molecule has 3 nitrogen and oxygen atoms in total. The minimum Gasteiger partial charge on any atom is -0.294 e. The highest BCUT2D eigenvalue weighted by Gasteiger charge is 2.45. The molecule has 0 unspecified atom stereocenters. The fraction of sp³-hybridized carbons (Fsp3) is 0.833. The molecule has 0 radical (unpaired) electrons. The summed E-state index contributed by atoms with van der Waals surface area (Å²) < 4.78 is -0.370. The topological polar surface area (TPSA) is 46.2 Å². The highest BCUT2D eigenvalue weighted by molar-refractivity contribution is 8.02. The molecule has 0 spiro atoms. The number of amides is 2. The van der Waals surface area contributed by atoms with Crippen molar-refractivity contribution in [2.75, 3.05) is 0 Å². The molecule has 92 valence electrons. The molecular formula is C12H21NO2S. The molecule has 0 aromatic rings. The van der Waals surface area contributed by atoms with Crippen LogP contribution in [0.2, 0.25) is 0 Å². The van der Waals surface area contributed by atoms with Crippen LogP contribution in [0.1, 0.15) is 52.9 Å². The first-order valence-electron chi connectivity index (χ1n) is 6.12. The summed E-state index contributed by atoms with van der Waals surface area (Å²) in [5.41, 5.74) is 0. The van der Waals surface area contributed by atoms with Crippen LogP contribution in [-0.4, -0.2) is 21.8 Å². The van der Waals surface area contributed by atoms with E-state index in [-0.39, 0.29) is 21.8 Å². The van der Waals surface area contributed by atoms with E-state index in [0.29, 0.717) is 0 Å². The van der Waals surface area contributed by atoms with E-state index < -0.39 is 0 Å². The Balaban J connectivity index is 2.81. The monoisotopic (exact) mass is 243 g/mol. The lowest BCUT2D eigenvalue weighted by molar-refractivity contribution is -0.132. The van der Waals surface area contributed by atoms with Crippen LogP contribution in [0.25, 0.3) is 0 Å². The van der Waals surface area contributed by atoms with Gasteiger partial charge in [-0.2, -0.15) is 0 Å². The standard InChI is InChI=1S/C12H21NO2S/c1-4-7-8-12(6-3)11(15)13-10(14)9(5-2)16-12/h9H,4-8H2,1-3H3,(H,13,14,15)/t9-,12-/m1/s1. The van der Waals surface area contributed by atoms with Crippen molar-refractivity contribution in [2.24, 2.45) is 0 Å². The number of imide groups is 1. The largest absolute Gasteiger partial charge is 0.294 e. The van der Waals surface area contributed by atoms with Crippen LogP contribution in [0.5, 0.6) is 0 Å². The second kappa shape index (κ2) is 5.71. The molecule has 0 bridgehead atoms. The average molecular weight is 243 g/mol. The van der Waals surface area contributed by atoms with Crippen LogP contribution in [-0.2, 0) is 9.59 Å². The second-order valence-corrected chi connectivity index (χ2v) is 5.87. The average Bonchev–Trinajstić information content (AvgIpc) is 2.29. The van der Waals surface area contributed by atoms with Crippen LogP contribution >= 0.6 is 11.8 Å². The Hall–Kier alpha value is -0.510. The van der Waals surface area contributed by atoms with Crippen LogP contribution < -0.4 is 5.32 Å². The number of nitrogens with one attached hydrogen (secondary N) is 1. The van der Waals surface area contributed by atoms with Crippen molar-refractivity contribution in [3.63, 3.8) is 0 Å². The van der Waals surface area contributed by atoms with Crippen LogP contribution in [0, 0.1) is 0 Å². The minimum atomic E-state index is -0.370. The molecule has 0 saturated carbocycles. The lowest BCUT2D eigenvalue weighted by Crippen LogP contribution is -2.55. The van der Waals surface area contributed by atoms with Crippen molar-refractivity contribution in [1.82, 2.24) is 5.32 Å². The Labute approximate surface area is 102 Å². The molecular weight excluding hydrogens is 222 g/mol. The predicted molar refractivity (Wildman–Crippen MR) is 67.4 cm³/mol. The Morgan fingerprint density at radius 2 is 2.00 bits per heavy atom. The summed E-state index contributed by atoms with van der Waals surface area (Å²) in [6.45, 7) is 6.15. The Kier molecular flexibility index (Phi) is 4.84. The summed E-state index contributed by atoms with van der Waals surface area (Å²) in [7, 11) is 0. The van der Waals surface area contributed by atoms with E-state index in [1.54, 1.807) is 11.8 Å². The number of rotatable bonds is 5. The van der Waals surface area contributed by atoms with Gasteiger partial charge in [-0.25, -0.2) is 0 Å². The third-order valence-corrected chi connectivity index (χ3v) is 5.15. The number of hydrogen-bond acceptors (Lipinski definition) is 3. The van der Waals surface area contributed by atoms with Gasteiger partial charge in [0.25, 0.3) is 0 Å². The molecule has 0 aromatic heterocycles. The molecule has 1 saturated heterocycles. The first kappa shape index (κ1) is 13.6. The molecule has 1 fully saturated rings. The van der Waals surface area contributed by atoms with Gasteiger partial charge in [-0.1, -0.05) is 33.6 Å². The normalized spacial score (nSPS) is 30.3. The number of carbonyl (C=O) groups excluding carboxylic acids is 2. The van der Waals surface area contributed by atoms with Gasteiger partial charge in [0, 0.05) is 0 Å². The van der Waals surface area contributed by atoms with Gasteiger partial charge in [0.05, 0.1) is 10.00 Å². The van der Waals surface area contributed by atoms with Gasteiger partial charge in [-0.05, 0) is 19.3 Å². The van der Waals surface area contributed by atoms with Crippen molar-refractivity contribution in [3.8, 4) is 0 Å². The summed E-state index contributed by atoms with van der Waals surface area (Å²) >= 11 is 1.57. The van der Waals surface area contributed by atoms with E-state index in [4.69, 9.17) is 0 Å². The first-order valence-corrected chi connectivity index (χ1v) is 7.00. The zero-order valence-electron chi connectivity index (χ0n) is 10.3. The molecule has 1 heterocycles. The van der Waals surface area contributed by atoms with Crippen molar-refractivity contribution in [2.45, 2.75) is 62.9 Å². The molecule has 0 aliphatic carbocycles. The maximum Gasteiger partial charge on any atom is 0.242 e. The fourth-order valence-electron chi connectivity index (χ4n) is 2.01. The van der Waals surface area contributed by atoms with Gasteiger partial charge in [0.2, 0.25) is 11.8 Å². The summed E-state index contributed by atoms with van der Waals surface area (Å²) in [6.07, 6.45) is 4.59. The first-order chi connectivity index (χ1) is 7.59. The Bertz CT molecular complexity index is 280. The maximum atomic E-state index is 12.0. The summed E-state index contributed by atoms with van der Waals surface area (Å²) in [5, 5.41) is 2.47. The minimum absolute atomic E-state index is 0.0606. The van der Waals surface area contributed by atoms with E-state index in [1.807, 2.05) is 13.8 Å². The van der Waals surface area contributed by atoms with Gasteiger partial charge < -0.3 is 0 Å². The van der Waals surface area contributed by atoms with Gasteiger partial charge in [-0.3, -0.25) is 14.9 Å². The smallest absolute Gasteiger partial charge is 0.242 e. The Morgan fingerprint density at radius 3 is 2.50 bits per heavy atom. The highest BCUT2D eigenvalue weighted by atomic mass is 32.2. The van der Waals surface area contributed by atoms with E-state index in [9.17, 15) is 9.59 Å². The second-order valence-electron chi connectivity index (χ2n) is 4.28. The van der Waals surface area contributed by atoms with E-state index in [2.05, 4.69) is 12.2 Å². The molecule has 4 heteroatoms. The van der Waals surface area contributed by atoms with Crippen molar-refractivity contribution in [1.29, 1.82) is 0 Å². The Morgan fingerprint density at radius 1 is 1.31 bits per heavy atom. The molecule has 1 rings (SSSR count). The third-order valence-electron chi connectivity index (χ3n) is 3.19. The van der Waals surface area contributed by atoms with E-state index in [1.165, 1.54) is 0 Å². The van der Waals surface area contributed by atoms with Crippen LogP contribution in [0.4, 0.5) is 0 Å². The lowest BCUT2D eigenvalue weighted by Gasteiger charge is -2.37. The predicted octanol–water partition coefficient (Wildman–Crippen LogP) is 2.49. The van der Waals surface area contributed by atoms with Gasteiger partial charge in [0.1, 0.15) is 0 Å². The quantitative estimate of drug-likeness (QED) is 0.755.